The minimum absolute atomic E-state index is 0.0868. The first-order valence-electron chi connectivity index (χ1n) is 8.46. The van der Waals surface area contributed by atoms with Gasteiger partial charge in [-0.2, -0.15) is 0 Å². The van der Waals surface area contributed by atoms with Gasteiger partial charge in [0, 0.05) is 27.0 Å². The van der Waals surface area contributed by atoms with Crippen molar-refractivity contribution in [3.63, 3.8) is 0 Å². The Balaban J connectivity index is 1.78. The third-order valence-electron chi connectivity index (χ3n) is 3.92. The molecule has 0 aliphatic rings. The lowest BCUT2D eigenvalue weighted by atomic mass is 10.2. The lowest BCUT2D eigenvalue weighted by Gasteiger charge is -2.18. The van der Waals surface area contributed by atoms with Crippen molar-refractivity contribution < 1.29 is 22.8 Å². The highest BCUT2D eigenvalue weighted by atomic mass is 35.5. The monoisotopic (exact) mass is 485 g/mol. The van der Waals surface area contributed by atoms with E-state index in [0.717, 1.165) is 30.3 Å². The van der Waals surface area contributed by atoms with Crippen LogP contribution < -0.4 is 14.9 Å². The van der Waals surface area contributed by atoms with E-state index in [1.165, 1.54) is 24.3 Å². The van der Waals surface area contributed by atoms with Crippen LogP contribution in [0.1, 0.15) is 10.4 Å². The molecule has 0 spiro atoms. The topological polar surface area (TPSA) is 61.4 Å². The Morgan fingerprint density at radius 3 is 2.06 bits per heavy atom. The zero-order valence-corrected chi connectivity index (χ0v) is 17.7. The molecule has 0 saturated heterocycles. The van der Waals surface area contributed by atoms with Gasteiger partial charge < -0.3 is 10.6 Å². The first-order chi connectivity index (χ1) is 14.6. The van der Waals surface area contributed by atoms with E-state index in [1.807, 2.05) is 0 Å². The summed E-state index contributed by atoms with van der Waals surface area (Å²) in [4.78, 5) is 24.7. The summed E-state index contributed by atoms with van der Waals surface area (Å²) in [6.45, 7) is 0. The fourth-order valence-electron chi connectivity index (χ4n) is 2.51. The molecule has 3 aromatic carbocycles. The Labute approximate surface area is 190 Å². The highest BCUT2D eigenvalue weighted by Crippen LogP contribution is 2.28. The van der Waals surface area contributed by atoms with Crippen LogP contribution in [0.15, 0.2) is 54.6 Å². The van der Waals surface area contributed by atoms with Crippen LogP contribution in [0.3, 0.4) is 0 Å². The fourth-order valence-corrected chi connectivity index (χ4v) is 3.23. The molecular weight excluding hydrogens is 474 g/mol. The summed E-state index contributed by atoms with van der Waals surface area (Å²) in [5.74, 6) is -3.86. The molecule has 3 aromatic rings. The van der Waals surface area contributed by atoms with Crippen molar-refractivity contribution in [3.8, 4) is 0 Å². The number of amides is 3. The van der Waals surface area contributed by atoms with Crippen molar-refractivity contribution in [1.29, 1.82) is 0 Å². The first kappa shape index (κ1) is 22.8. The number of thiol groups is 1. The van der Waals surface area contributed by atoms with Gasteiger partial charge in [-0.3, -0.25) is 4.79 Å². The van der Waals surface area contributed by atoms with E-state index >= 15 is 0 Å². The van der Waals surface area contributed by atoms with E-state index in [9.17, 15) is 22.8 Å². The van der Waals surface area contributed by atoms with Crippen LogP contribution in [0.2, 0.25) is 10.0 Å². The molecular formula is C20H12Cl2F3N3O2S. The highest BCUT2D eigenvalue weighted by Gasteiger charge is 2.18. The maximum Gasteiger partial charge on any atom is 0.336 e. The number of carbonyl (C=O) groups is 2. The number of halogens is 5. The quantitative estimate of drug-likeness (QED) is 0.367. The molecule has 0 radical (unpaired) electrons. The van der Waals surface area contributed by atoms with Gasteiger partial charge in [-0.1, -0.05) is 36.0 Å². The van der Waals surface area contributed by atoms with Crippen molar-refractivity contribution in [3.05, 3.63) is 87.7 Å². The molecule has 0 aliphatic heterocycles. The van der Waals surface area contributed by atoms with Gasteiger partial charge in [-0.15, -0.1) is 0 Å². The van der Waals surface area contributed by atoms with Gasteiger partial charge in [-0.25, -0.2) is 22.3 Å². The Bertz CT molecular complexity index is 1160. The predicted octanol–water partition coefficient (Wildman–Crippen LogP) is 6.55. The number of nitrogens with zero attached hydrogens (tertiary/aromatic N) is 1. The van der Waals surface area contributed by atoms with E-state index in [0.29, 0.717) is 4.31 Å². The smallest absolute Gasteiger partial charge is 0.322 e. The van der Waals surface area contributed by atoms with E-state index in [-0.39, 0.29) is 32.7 Å². The largest absolute Gasteiger partial charge is 0.336 e. The molecule has 0 saturated carbocycles. The molecule has 3 amide bonds. The van der Waals surface area contributed by atoms with Gasteiger partial charge in [0.1, 0.15) is 5.82 Å². The lowest BCUT2D eigenvalue weighted by molar-refractivity contribution is 0.102. The van der Waals surface area contributed by atoms with E-state index in [2.05, 4.69) is 23.4 Å². The van der Waals surface area contributed by atoms with Crippen LogP contribution in [-0.4, -0.2) is 11.9 Å². The normalized spacial score (nSPS) is 10.5. The minimum Gasteiger partial charge on any atom is -0.322 e. The molecule has 0 heterocycles. The van der Waals surface area contributed by atoms with Crippen LogP contribution in [0.25, 0.3) is 0 Å². The maximum atomic E-state index is 14.3. The zero-order chi connectivity index (χ0) is 22.7. The Hall–Kier alpha value is -2.88. The molecule has 160 valence electrons. The number of anilines is 3. The average molecular weight is 486 g/mol. The first-order valence-corrected chi connectivity index (χ1v) is 9.61. The molecule has 0 bridgehead atoms. The third kappa shape index (κ3) is 5.63. The number of nitrogens with one attached hydrogen (secondary N) is 2. The summed E-state index contributed by atoms with van der Waals surface area (Å²) in [6.07, 6.45) is 0. The highest BCUT2D eigenvalue weighted by molar-refractivity contribution is 7.82. The maximum absolute atomic E-state index is 14.3. The summed E-state index contributed by atoms with van der Waals surface area (Å²) < 4.78 is 41.3. The molecule has 11 heteroatoms. The van der Waals surface area contributed by atoms with E-state index < -0.39 is 29.4 Å². The van der Waals surface area contributed by atoms with Gasteiger partial charge in [-0.05, 0) is 54.6 Å². The van der Waals surface area contributed by atoms with Crippen LogP contribution in [-0.2, 0) is 0 Å². The molecule has 31 heavy (non-hydrogen) atoms. The Morgan fingerprint density at radius 2 is 1.42 bits per heavy atom. The SMILES string of the molecule is O=C(Nc1ccc(F)c(N(S)C(=O)Nc2cc(Cl)cc(Cl)c2)c1)c1ccc(F)c(F)c1. The number of hydrogen-bond acceptors (Lipinski definition) is 3. The second kappa shape index (κ2) is 9.51. The molecule has 3 rings (SSSR count). The number of carbonyl (C=O) groups excluding carboxylic acids is 2. The summed E-state index contributed by atoms with van der Waals surface area (Å²) in [6, 6.07) is 9.50. The number of benzene rings is 3. The van der Waals surface area contributed by atoms with E-state index in [4.69, 9.17) is 23.2 Å². The third-order valence-corrected chi connectivity index (χ3v) is 4.75. The fraction of sp³-hybridized carbons (Fsp3) is 0. The average Bonchev–Trinajstić information content (AvgIpc) is 2.70. The second-order valence-electron chi connectivity index (χ2n) is 6.15. The molecule has 0 unspecified atom stereocenters. The molecule has 5 nitrogen and oxygen atoms in total. The van der Waals surface area contributed by atoms with E-state index in [1.54, 1.807) is 0 Å². The molecule has 2 N–H and O–H groups in total. The van der Waals surface area contributed by atoms with Crippen molar-refractivity contribution >= 4 is 65.0 Å². The van der Waals surface area contributed by atoms with Crippen molar-refractivity contribution in [1.82, 2.24) is 0 Å². The molecule has 0 atom stereocenters. The van der Waals surface area contributed by atoms with Crippen molar-refractivity contribution in [2.75, 3.05) is 14.9 Å². The number of hydrogen-bond donors (Lipinski definition) is 3. The van der Waals surface area contributed by atoms with Gasteiger partial charge in [0.25, 0.3) is 5.91 Å². The van der Waals surface area contributed by atoms with Crippen LogP contribution in [0.4, 0.5) is 35.0 Å². The predicted molar refractivity (Wildman–Crippen MR) is 118 cm³/mol. The number of urea groups is 1. The number of rotatable bonds is 4. The summed E-state index contributed by atoms with van der Waals surface area (Å²) >= 11 is 15.8. The van der Waals surface area contributed by atoms with Crippen molar-refractivity contribution in [2.24, 2.45) is 0 Å². The van der Waals surface area contributed by atoms with Crippen molar-refractivity contribution in [2.45, 2.75) is 0 Å². The second-order valence-corrected chi connectivity index (χ2v) is 7.42. The van der Waals surface area contributed by atoms with Gasteiger partial charge in [0.2, 0.25) is 0 Å². The van der Waals surface area contributed by atoms with Gasteiger partial charge in [0.05, 0.1) is 5.69 Å². The van der Waals surface area contributed by atoms with Crippen LogP contribution >= 0.6 is 36.0 Å². The summed E-state index contributed by atoms with van der Waals surface area (Å²) in [5.41, 5.74) is -0.0892. The summed E-state index contributed by atoms with van der Waals surface area (Å²) in [7, 11) is 0. The standard InChI is InChI=1S/C20H12Cl2F3N3O2S/c21-11-6-12(22)8-14(7-11)27-20(30)28(31)18-9-13(2-4-16(18)24)26-19(29)10-1-3-15(23)17(25)5-10/h1-9,31H,(H,26,29)(H,27,30). The van der Waals surface area contributed by atoms with Gasteiger partial charge in [0.15, 0.2) is 11.6 Å². The van der Waals surface area contributed by atoms with Crippen LogP contribution in [0, 0.1) is 17.5 Å². The van der Waals surface area contributed by atoms with Crippen LogP contribution in [0.5, 0.6) is 0 Å². The Kier molecular flexibility index (Phi) is 6.99. The zero-order valence-electron chi connectivity index (χ0n) is 15.3. The summed E-state index contributed by atoms with van der Waals surface area (Å²) in [5, 5.41) is 5.42. The molecule has 0 aromatic heterocycles. The molecule has 0 fully saturated rings. The van der Waals surface area contributed by atoms with Gasteiger partial charge >= 0.3 is 6.03 Å². The lowest BCUT2D eigenvalue weighted by Crippen LogP contribution is -2.27. The molecule has 0 aliphatic carbocycles. The Morgan fingerprint density at radius 1 is 0.774 bits per heavy atom. The minimum atomic E-state index is -1.19.